The van der Waals surface area contributed by atoms with E-state index in [0.717, 1.165) is 36.8 Å². The lowest BCUT2D eigenvalue weighted by Gasteiger charge is -2.28. The summed E-state index contributed by atoms with van der Waals surface area (Å²) in [6.07, 6.45) is 1.22. The normalized spacial score (nSPS) is 14.6. The molecule has 0 radical (unpaired) electrons. The van der Waals surface area contributed by atoms with Gasteiger partial charge in [0, 0.05) is 24.7 Å². The van der Waals surface area contributed by atoms with Crippen LogP contribution >= 0.6 is 0 Å². The lowest BCUT2D eigenvalue weighted by atomic mass is 10.0. The first-order valence-corrected chi connectivity index (χ1v) is 13.3. The van der Waals surface area contributed by atoms with Crippen LogP contribution in [0.25, 0.3) is 11.1 Å². The zero-order chi connectivity index (χ0) is 26.2. The first kappa shape index (κ1) is 24.7. The summed E-state index contributed by atoms with van der Waals surface area (Å²) in [4.78, 5) is 18.6. The van der Waals surface area contributed by atoms with E-state index >= 15 is 0 Å². The van der Waals surface area contributed by atoms with Crippen molar-refractivity contribution in [1.29, 1.82) is 0 Å². The van der Waals surface area contributed by atoms with Crippen molar-refractivity contribution in [3.05, 3.63) is 87.8 Å². The number of likely N-dealkylation sites (tertiary alicyclic amines) is 1. The number of oxazole rings is 1. The Morgan fingerprint density at radius 2 is 1.95 bits per heavy atom. The van der Waals surface area contributed by atoms with Gasteiger partial charge < -0.3 is 4.42 Å². The van der Waals surface area contributed by atoms with Crippen LogP contribution in [-0.2, 0) is 10.0 Å². The van der Waals surface area contributed by atoms with Gasteiger partial charge in [-0.05, 0) is 61.7 Å². The maximum Gasteiger partial charge on any atom is 0.420 e. The number of aromatic nitrogens is 2. The minimum Gasteiger partial charge on any atom is -0.408 e. The van der Waals surface area contributed by atoms with Crippen molar-refractivity contribution in [3.63, 3.8) is 0 Å². The van der Waals surface area contributed by atoms with Crippen LogP contribution in [-0.4, -0.2) is 42.5 Å². The Morgan fingerprint density at radius 3 is 2.68 bits per heavy atom. The minimum atomic E-state index is -4.12. The number of rotatable bonds is 6. The Morgan fingerprint density at radius 1 is 1.16 bits per heavy atom. The Bertz CT molecular complexity index is 1710. The lowest BCUT2D eigenvalue weighted by Crippen LogP contribution is -2.37. The second-order valence-corrected chi connectivity index (χ2v) is 10.7. The van der Waals surface area contributed by atoms with Crippen LogP contribution in [0, 0.1) is 24.7 Å². The summed E-state index contributed by atoms with van der Waals surface area (Å²) < 4.78 is 48.6. The van der Waals surface area contributed by atoms with Gasteiger partial charge in [-0.1, -0.05) is 30.0 Å². The van der Waals surface area contributed by atoms with E-state index in [9.17, 15) is 17.6 Å². The van der Waals surface area contributed by atoms with Crippen molar-refractivity contribution in [3.8, 4) is 11.8 Å². The number of sulfonamides is 1. The predicted octanol–water partition coefficient (Wildman–Crippen LogP) is 3.90. The molecule has 0 spiro atoms. The van der Waals surface area contributed by atoms with E-state index in [4.69, 9.17) is 4.42 Å². The van der Waals surface area contributed by atoms with Crippen molar-refractivity contribution < 1.29 is 17.2 Å². The second-order valence-electron chi connectivity index (χ2n) is 9.01. The quantitative estimate of drug-likeness (QED) is 0.306. The third-order valence-electron chi connectivity index (χ3n) is 6.39. The largest absolute Gasteiger partial charge is 0.420 e. The lowest BCUT2D eigenvalue weighted by molar-refractivity contribution is 0.207. The third-order valence-corrected chi connectivity index (χ3v) is 7.89. The molecule has 0 bridgehead atoms. The van der Waals surface area contributed by atoms with Crippen molar-refractivity contribution in [2.24, 2.45) is 0 Å². The summed E-state index contributed by atoms with van der Waals surface area (Å²) in [6, 6.07) is 14.0. The summed E-state index contributed by atoms with van der Waals surface area (Å²) in [5.41, 5.74) is 2.71. The maximum absolute atomic E-state index is 13.4. The van der Waals surface area contributed by atoms with Crippen LogP contribution < -0.4 is 10.5 Å². The molecular formula is C27H25FN4O4S. The highest BCUT2D eigenvalue weighted by molar-refractivity contribution is 7.92. The number of halogens is 1. The standard InChI is InChI=1S/C27H25FN4O4S/c1-18-15-22-23(17-24(18)37(34,35)30-26-11-4-10-25(28)29-26)36-27(33)32(22)19(2)21-9-3-7-20(16-21)8-5-12-31-13-6-14-31/h3-4,7,9-11,15-17,19H,6,12-14H2,1-2H3,(H,29,30). The zero-order valence-electron chi connectivity index (χ0n) is 20.4. The van der Waals surface area contributed by atoms with Crippen LogP contribution in [0.15, 0.2) is 68.7 Å². The van der Waals surface area contributed by atoms with Gasteiger partial charge in [0.15, 0.2) is 5.58 Å². The van der Waals surface area contributed by atoms with E-state index in [1.807, 2.05) is 31.2 Å². The molecule has 3 heterocycles. The molecule has 10 heteroatoms. The summed E-state index contributed by atoms with van der Waals surface area (Å²) >= 11 is 0. The minimum absolute atomic E-state index is 0.0981. The molecule has 5 rings (SSSR count). The first-order valence-electron chi connectivity index (χ1n) is 11.8. The maximum atomic E-state index is 13.4. The topological polar surface area (TPSA) is 97.4 Å². The third kappa shape index (κ3) is 5.14. The molecule has 1 aliphatic rings. The number of aryl methyl sites for hydroxylation is 1. The van der Waals surface area contributed by atoms with Crippen molar-refractivity contribution in [1.82, 2.24) is 14.5 Å². The van der Waals surface area contributed by atoms with Crippen LogP contribution in [0.1, 0.15) is 36.1 Å². The number of anilines is 1. The molecule has 2 aromatic heterocycles. The smallest absolute Gasteiger partial charge is 0.408 e. The van der Waals surface area contributed by atoms with E-state index in [1.54, 1.807) is 13.0 Å². The molecule has 1 atom stereocenters. The fourth-order valence-corrected chi connectivity index (χ4v) is 5.54. The van der Waals surface area contributed by atoms with Gasteiger partial charge in [-0.15, -0.1) is 0 Å². The van der Waals surface area contributed by atoms with Crippen LogP contribution in [0.5, 0.6) is 0 Å². The molecule has 1 aliphatic heterocycles. The number of nitrogens with one attached hydrogen (secondary N) is 1. The molecule has 8 nitrogen and oxygen atoms in total. The molecule has 1 fully saturated rings. The number of fused-ring (bicyclic) bond motifs is 1. The summed E-state index contributed by atoms with van der Waals surface area (Å²) in [6.45, 7) is 6.40. The molecule has 0 amide bonds. The molecule has 1 unspecified atom stereocenters. The fourth-order valence-electron chi connectivity index (χ4n) is 4.30. The van der Waals surface area contributed by atoms with Crippen molar-refractivity contribution in [2.75, 3.05) is 24.4 Å². The Hall–Kier alpha value is -3.94. The number of nitrogens with zero attached hydrogens (tertiary/aromatic N) is 3. The summed E-state index contributed by atoms with van der Waals surface area (Å²) in [5.74, 6) is 4.81. The molecule has 0 aliphatic carbocycles. The molecule has 1 saturated heterocycles. The van der Waals surface area contributed by atoms with Crippen LogP contribution in [0.3, 0.4) is 0 Å². The second kappa shape index (κ2) is 9.84. The highest BCUT2D eigenvalue weighted by Gasteiger charge is 2.23. The van der Waals surface area contributed by atoms with E-state index in [1.165, 1.54) is 29.2 Å². The highest BCUT2D eigenvalue weighted by atomic mass is 32.2. The zero-order valence-corrected chi connectivity index (χ0v) is 21.2. The average Bonchev–Trinajstić information content (AvgIpc) is 3.14. The molecule has 0 saturated carbocycles. The van der Waals surface area contributed by atoms with E-state index in [-0.39, 0.29) is 22.3 Å². The van der Waals surface area contributed by atoms with Gasteiger partial charge in [0.25, 0.3) is 10.0 Å². The molecular weight excluding hydrogens is 495 g/mol. The molecule has 1 N–H and O–H groups in total. The monoisotopic (exact) mass is 520 g/mol. The van der Waals surface area contributed by atoms with E-state index in [2.05, 4.69) is 26.4 Å². The number of hydrogen-bond acceptors (Lipinski definition) is 6. The van der Waals surface area contributed by atoms with Gasteiger partial charge in [-0.25, -0.2) is 18.2 Å². The average molecular weight is 521 g/mol. The first-order chi connectivity index (χ1) is 17.7. The molecule has 4 aromatic rings. The predicted molar refractivity (Wildman–Crippen MR) is 138 cm³/mol. The van der Waals surface area contributed by atoms with E-state index in [0.29, 0.717) is 11.1 Å². The summed E-state index contributed by atoms with van der Waals surface area (Å²) in [5, 5.41) is 0. The van der Waals surface area contributed by atoms with Gasteiger partial charge >= 0.3 is 5.76 Å². The van der Waals surface area contributed by atoms with Gasteiger partial charge in [0.1, 0.15) is 5.82 Å². The van der Waals surface area contributed by atoms with Crippen molar-refractivity contribution >= 4 is 26.9 Å². The summed E-state index contributed by atoms with van der Waals surface area (Å²) in [7, 11) is -4.12. The Labute approximate surface area is 213 Å². The number of hydrogen-bond donors (Lipinski definition) is 1. The van der Waals surface area contributed by atoms with Gasteiger partial charge in [0.2, 0.25) is 5.95 Å². The Balaban J connectivity index is 1.46. The molecule has 190 valence electrons. The van der Waals surface area contributed by atoms with Gasteiger partial charge in [-0.2, -0.15) is 4.39 Å². The van der Waals surface area contributed by atoms with E-state index < -0.39 is 21.7 Å². The van der Waals surface area contributed by atoms with Gasteiger partial charge in [-0.3, -0.25) is 14.2 Å². The van der Waals surface area contributed by atoms with Crippen molar-refractivity contribution in [2.45, 2.75) is 31.2 Å². The molecule has 37 heavy (non-hydrogen) atoms. The Kier molecular flexibility index (Phi) is 6.58. The fraction of sp³-hybridized carbons (Fsp3) is 0.259. The molecule has 2 aromatic carbocycles. The number of benzene rings is 2. The van der Waals surface area contributed by atoms with Crippen LogP contribution in [0.2, 0.25) is 0 Å². The van der Waals surface area contributed by atoms with Gasteiger partial charge in [0.05, 0.1) is 23.0 Å². The van der Waals surface area contributed by atoms with Crippen LogP contribution in [0.4, 0.5) is 10.2 Å². The number of pyridine rings is 1. The highest BCUT2D eigenvalue weighted by Crippen LogP contribution is 2.28. The SMILES string of the molecule is Cc1cc2c(cc1S(=O)(=O)Nc1cccc(F)n1)oc(=O)n2C(C)c1cccc(C#CCN2CCC2)c1.